The van der Waals surface area contributed by atoms with E-state index in [2.05, 4.69) is 21.2 Å². The van der Waals surface area contributed by atoms with Gasteiger partial charge in [-0.15, -0.1) is 0 Å². The number of nitrogens with zero attached hydrogens (tertiary/aromatic N) is 1. The van der Waals surface area contributed by atoms with Crippen LogP contribution in [0.4, 0.5) is 5.69 Å². The highest BCUT2D eigenvalue weighted by molar-refractivity contribution is 9.10. The predicted octanol–water partition coefficient (Wildman–Crippen LogP) is 2.39. The standard InChI is InChI=1S/C13H15BrN2O4/c14-9-5-8(6-10(7-9)16(19)20)13(18)15-11-3-1-2-4-12(11)17/h5-7,11-12,17H,1-4H2,(H,15,18)/t11-,12-/m0/s1. The van der Waals surface area contributed by atoms with E-state index in [-0.39, 0.29) is 17.3 Å². The second-order valence-corrected chi connectivity index (χ2v) is 5.80. The van der Waals surface area contributed by atoms with Gasteiger partial charge in [-0.1, -0.05) is 28.8 Å². The van der Waals surface area contributed by atoms with E-state index in [4.69, 9.17) is 0 Å². The molecule has 1 saturated carbocycles. The van der Waals surface area contributed by atoms with Crippen molar-refractivity contribution in [2.24, 2.45) is 0 Å². The van der Waals surface area contributed by atoms with Crippen molar-refractivity contribution in [2.45, 2.75) is 37.8 Å². The summed E-state index contributed by atoms with van der Waals surface area (Å²) in [6.45, 7) is 0. The molecular weight excluding hydrogens is 328 g/mol. The second-order valence-electron chi connectivity index (χ2n) is 4.89. The number of hydrogen-bond donors (Lipinski definition) is 2. The van der Waals surface area contributed by atoms with Gasteiger partial charge < -0.3 is 10.4 Å². The van der Waals surface area contributed by atoms with Gasteiger partial charge in [0.1, 0.15) is 0 Å². The number of aliphatic hydroxyl groups excluding tert-OH is 1. The maximum absolute atomic E-state index is 12.1. The third-order valence-electron chi connectivity index (χ3n) is 3.40. The number of rotatable bonds is 3. The number of carbonyl (C=O) groups is 1. The minimum absolute atomic E-state index is 0.145. The van der Waals surface area contributed by atoms with E-state index in [9.17, 15) is 20.0 Å². The minimum Gasteiger partial charge on any atom is -0.391 e. The van der Waals surface area contributed by atoms with Crippen LogP contribution in [0.5, 0.6) is 0 Å². The molecule has 0 saturated heterocycles. The summed E-state index contributed by atoms with van der Waals surface area (Å²) in [6.07, 6.45) is 2.76. The molecule has 108 valence electrons. The Bertz CT molecular complexity index is 535. The first-order chi connectivity index (χ1) is 9.47. The van der Waals surface area contributed by atoms with Crippen molar-refractivity contribution >= 4 is 27.5 Å². The molecule has 0 radical (unpaired) electrons. The SMILES string of the molecule is O=C(N[C@H]1CCCC[C@@H]1O)c1cc(Br)cc([N+](=O)[O-])c1. The summed E-state index contributed by atoms with van der Waals surface area (Å²) >= 11 is 3.15. The number of nitrogens with one attached hydrogen (secondary N) is 1. The first-order valence-electron chi connectivity index (χ1n) is 6.41. The van der Waals surface area contributed by atoms with Crippen LogP contribution in [0.2, 0.25) is 0 Å². The highest BCUT2D eigenvalue weighted by Gasteiger charge is 2.25. The smallest absolute Gasteiger partial charge is 0.271 e. The van der Waals surface area contributed by atoms with Gasteiger partial charge in [-0.25, -0.2) is 0 Å². The predicted molar refractivity (Wildman–Crippen MR) is 76.5 cm³/mol. The molecule has 0 spiro atoms. The number of nitro groups is 1. The monoisotopic (exact) mass is 342 g/mol. The molecule has 1 aliphatic rings. The molecule has 1 aromatic rings. The van der Waals surface area contributed by atoms with Crippen LogP contribution in [-0.4, -0.2) is 28.1 Å². The Hall–Kier alpha value is -1.47. The van der Waals surface area contributed by atoms with E-state index in [1.165, 1.54) is 18.2 Å². The van der Waals surface area contributed by atoms with Crippen LogP contribution in [-0.2, 0) is 0 Å². The number of non-ortho nitro benzene ring substituents is 1. The van der Waals surface area contributed by atoms with Crippen molar-refractivity contribution in [3.63, 3.8) is 0 Å². The molecule has 0 aromatic heterocycles. The number of carbonyl (C=O) groups excluding carboxylic acids is 1. The number of amides is 1. The van der Waals surface area contributed by atoms with Crippen LogP contribution in [0.25, 0.3) is 0 Å². The summed E-state index contributed by atoms with van der Waals surface area (Å²) in [5.41, 5.74) is 0.0672. The van der Waals surface area contributed by atoms with Crippen molar-refractivity contribution in [3.8, 4) is 0 Å². The molecule has 1 amide bonds. The molecule has 2 N–H and O–H groups in total. The van der Waals surface area contributed by atoms with Gasteiger partial charge in [0, 0.05) is 22.2 Å². The summed E-state index contributed by atoms with van der Waals surface area (Å²) in [6, 6.07) is 3.81. The first-order valence-corrected chi connectivity index (χ1v) is 7.20. The summed E-state index contributed by atoms with van der Waals surface area (Å²) in [4.78, 5) is 22.4. The molecule has 1 aromatic carbocycles. The lowest BCUT2D eigenvalue weighted by molar-refractivity contribution is -0.385. The van der Waals surface area contributed by atoms with Crippen LogP contribution in [0, 0.1) is 10.1 Å². The molecule has 0 heterocycles. The quantitative estimate of drug-likeness (QED) is 0.651. The largest absolute Gasteiger partial charge is 0.391 e. The van der Waals surface area contributed by atoms with Crippen LogP contribution < -0.4 is 5.32 Å². The summed E-state index contributed by atoms with van der Waals surface area (Å²) < 4.78 is 0.473. The fraction of sp³-hybridized carbons (Fsp3) is 0.462. The average molecular weight is 343 g/mol. The molecule has 6 nitrogen and oxygen atoms in total. The lowest BCUT2D eigenvalue weighted by atomic mass is 9.92. The highest BCUT2D eigenvalue weighted by Crippen LogP contribution is 2.23. The van der Waals surface area contributed by atoms with E-state index in [0.717, 1.165) is 19.3 Å². The molecule has 0 aliphatic heterocycles. The molecule has 2 rings (SSSR count). The molecule has 7 heteroatoms. The molecule has 2 atom stereocenters. The third-order valence-corrected chi connectivity index (χ3v) is 3.86. The fourth-order valence-electron chi connectivity index (χ4n) is 2.34. The fourth-order valence-corrected chi connectivity index (χ4v) is 2.82. The third kappa shape index (κ3) is 3.55. The van der Waals surface area contributed by atoms with Crippen LogP contribution >= 0.6 is 15.9 Å². The molecule has 0 bridgehead atoms. The number of aliphatic hydroxyl groups is 1. The van der Waals surface area contributed by atoms with Crippen molar-refractivity contribution < 1.29 is 14.8 Å². The zero-order valence-corrected chi connectivity index (χ0v) is 12.3. The zero-order valence-electron chi connectivity index (χ0n) is 10.7. The van der Waals surface area contributed by atoms with Crippen molar-refractivity contribution in [3.05, 3.63) is 38.3 Å². The minimum atomic E-state index is -0.546. The molecule has 1 aliphatic carbocycles. The van der Waals surface area contributed by atoms with Gasteiger partial charge >= 0.3 is 0 Å². The number of benzene rings is 1. The Morgan fingerprint density at radius 3 is 2.70 bits per heavy atom. The molecule has 1 fully saturated rings. The summed E-state index contributed by atoms with van der Waals surface area (Å²) in [7, 11) is 0. The highest BCUT2D eigenvalue weighted by atomic mass is 79.9. The Balaban J connectivity index is 2.14. The topological polar surface area (TPSA) is 92.5 Å². The van der Waals surface area contributed by atoms with Crippen LogP contribution in [0.3, 0.4) is 0 Å². The Morgan fingerprint density at radius 2 is 2.05 bits per heavy atom. The van der Waals surface area contributed by atoms with Gasteiger partial charge in [-0.2, -0.15) is 0 Å². The summed E-state index contributed by atoms with van der Waals surface area (Å²) in [5.74, 6) is -0.402. The van der Waals surface area contributed by atoms with E-state index in [1.807, 2.05) is 0 Å². The number of nitro benzene ring substituents is 1. The van der Waals surface area contributed by atoms with Gasteiger partial charge in [-0.05, 0) is 18.9 Å². The number of hydrogen-bond acceptors (Lipinski definition) is 4. The summed E-state index contributed by atoms with van der Waals surface area (Å²) in [5, 5.41) is 23.4. The Morgan fingerprint density at radius 1 is 1.35 bits per heavy atom. The normalized spacial score (nSPS) is 22.3. The Kier molecular flexibility index (Phi) is 4.72. The van der Waals surface area contributed by atoms with E-state index < -0.39 is 16.9 Å². The van der Waals surface area contributed by atoms with Crippen molar-refractivity contribution in [2.75, 3.05) is 0 Å². The van der Waals surface area contributed by atoms with Crippen LogP contribution in [0.15, 0.2) is 22.7 Å². The second kappa shape index (κ2) is 6.32. The molecular formula is C13H15BrN2O4. The molecule has 0 unspecified atom stereocenters. The lowest BCUT2D eigenvalue weighted by Crippen LogP contribution is -2.45. The van der Waals surface area contributed by atoms with Gasteiger partial charge in [0.2, 0.25) is 0 Å². The maximum atomic E-state index is 12.1. The van der Waals surface area contributed by atoms with E-state index in [1.54, 1.807) is 0 Å². The molecule has 20 heavy (non-hydrogen) atoms. The van der Waals surface area contributed by atoms with E-state index in [0.29, 0.717) is 10.9 Å². The first kappa shape index (κ1) is 14.9. The zero-order chi connectivity index (χ0) is 14.7. The van der Waals surface area contributed by atoms with Crippen LogP contribution in [0.1, 0.15) is 36.0 Å². The van der Waals surface area contributed by atoms with Gasteiger partial charge in [0.05, 0.1) is 17.1 Å². The van der Waals surface area contributed by atoms with Crippen molar-refractivity contribution in [1.29, 1.82) is 0 Å². The Labute approximate surface area is 124 Å². The van der Waals surface area contributed by atoms with Gasteiger partial charge in [0.25, 0.3) is 11.6 Å². The van der Waals surface area contributed by atoms with Gasteiger partial charge in [0.15, 0.2) is 0 Å². The average Bonchev–Trinajstić information content (AvgIpc) is 2.40. The van der Waals surface area contributed by atoms with Crippen molar-refractivity contribution in [1.82, 2.24) is 5.32 Å². The van der Waals surface area contributed by atoms with E-state index >= 15 is 0 Å². The lowest BCUT2D eigenvalue weighted by Gasteiger charge is -2.28. The van der Waals surface area contributed by atoms with Gasteiger partial charge in [-0.3, -0.25) is 14.9 Å². The maximum Gasteiger partial charge on any atom is 0.271 e. The number of halogens is 1.